The van der Waals surface area contributed by atoms with E-state index in [0.717, 1.165) is 17.8 Å². The highest BCUT2D eigenvalue weighted by Crippen LogP contribution is 2.45. The van der Waals surface area contributed by atoms with Crippen LogP contribution in [-0.4, -0.2) is 30.6 Å². The second-order valence-corrected chi connectivity index (χ2v) is 7.72. The lowest BCUT2D eigenvalue weighted by molar-refractivity contribution is 0.0324. The van der Waals surface area contributed by atoms with Gasteiger partial charge in [-0.3, -0.25) is 0 Å². The SMILES string of the molecule is CC1CN(CC2CCC(N)C(C)C2(C)C)CC1C. The molecule has 0 radical (unpaired) electrons. The molecule has 1 saturated carbocycles. The molecular weight excluding hydrogens is 220 g/mol. The highest BCUT2D eigenvalue weighted by Gasteiger charge is 2.42. The number of nitrogens with two attached hydrogens (primary N) is 1. The van der Waals surface area contributed by atoms with E-state index in [1.54, 1.807) is 0 Å². The van der Waals surface area contributed by atoms with Crippen molar-refractivity contribution in [1.82, 2.24) is 4.90 Å². The Bertz CT molecular complexity index is 277. The molecule has 0 aromatic rings. The predicted octanol–water partition coefficient (Wildman–Crippen LogP) is 2.97. The van der Waals surface area contributed by atoms with Crippen molar-refractivity contribution in [3.8, 4) is 0 Å². The summed E-state index contributed by atoms with van der Waals surface area (Å²) >= 11 is 0. The Kier molecular flexibility index (Phi) is 4.08. The van der Waals surface area contributed by atoms with Crippen molar-refractivity contribution in [1.29, 1.82) is 0 Å². The Morgan fingerprint density at radius 2 is 1.61 bits per heavy atom. The maximum atomic E-state index is 6.25. The summed E-state index contributed by atoms with van der Waals surface area (Å²) < 4.78 is 0. The van der Waals surface area contributed by atoms with Gasteiger partial charge in [-0.2, -0.15) is 0 Å². The van der Waals surface area contributed by atoms with Gasteiger partial charge < -0.3 is 10.6 Å². The maximum Gasteiger partial charge on any atom is 0.00698 e. The van der Waals surface area contributed by atoms with Gasteiger partial charge in [0.1, 0.15) is 0 Å². The second kappa shape index (κ2) is 5.13. The molecule has 0 bridgehead atoms. The molecule has 0 aromatic carbocycles. The lowest BCUT2D eigenvalue weighted by Crippen LogP contribution is -2.49. The van der Waals surface area contributed by atoms with Crippen LogP contribution < -0.4 is 5.73 Å². The van der Waals surface area contributed by atoms with Gasteiger partial charge in [-0.05, 0) is 41.9 Å². The lowest BCUT2D eigenvalue weighted by atomic mass is 9.61. The van der Waals surface area contributed by atoms with Gasteiger partial charge >= 0.3 is 0 Å². The van der Waals surface area contributed by atoms with Gasteiger partial charge in [0.25, 0.3) is 0 Å². The molecule has 1 heterocycles. The number of hydrogen-bond acceptors (Lipinski definition) is 2. The van der Waals surface area contributed by atoms with E-state index in [-0.39, 0.29) is 0 Å². The molecule has 0 aromatic heterocycles. The molecule has 1 aliphatic heterocycles. The lowest BCUT2D eigenvalue weighted by Gasteiger charge is -2.48. The van der Waals surface area contributed by atoms with Crippen molar-refractivity contribution >= 4 is 0 Å². The summed E-state index contributed by atoms with van der Waals surface area (Å²) in [4.78, 5) is 2.70. The molecule has 106 valence electrons. The van der Waals surface area contributed by atoms with Crippen molar-refractivity contribution < 1.29 is 0 Å². The van der Waals surface area contributed by atoms with Gasteiger partial charge in [0, 0.05) is 25.7 Å². The summed E-state index contributed by atoms with van der Waals surface area (Å²) in [5.41, 5.74) is 6.65. The monoisotopic (exact) mass is 252 g/mol. The summed E-state index contributed by atoms with van der Waals surface area (Å²) in [6.45, 7) is 15.9. The number of likely N-dealkylation sites (tertiary alicyclic amines) is 1. The van der Waals surface area contributed by atoms with E-state index >= 15 is 0 Å². The minimum absolute atomic E-state index is 0.396. The normalized spacial score (nSPS) is 45.3. The Labute approximate surface area is 113 Å². The van der Waals surface area contributed by atoms with Crippen LogP contribution in [-0.2, 0) is 0 Å². The molecule has 1 aliphatic carbocycles. The highest BCUT2D eigenvalue weighted by atomic mass is 15.2. The summed E-state index contributed by atoms with van der Waals surface area (Å²) in [6, 6.07) is 0.410. The summed E-state index contributed by atoms with van der Waals surface area (Å²) in [5.74, 6) is 3.21. The smallest absolute Gasteiger partial charge is 0.00698 e. The zero-order valence-corrected chi connectivity index (χ0v) is 12.9. The Morgan fingerprint density at radius 1 is 1.06 bits per heavy atom. The third-order valence-corrected chi connectivity index (χ3v) is 6.26. The van der Waals surface area contributed by atoms with Gasteiger partial charge in [0.15, 0.2) is 0 Å². The van der Waals surface area contributed by atoms with E-state index in [1.165, 1.54) is 32.5 Å². The quantitative estimate of drug-likeness (QED) is 0.818. The van der Waals surface area contributed by atoms with Crippen molar-refractivity contribution in [3.63, 3.8) is 0 Å². The van der Waals surface area contributed by atoms with Crippen LogP contribution in [0, 0.1) is 29.1 Å². The molecule has 5 atom stereocenters. The molecule has 0 amide bonds. The summed E-state index contributed by atoms with van der Waals surface area (Å²) in [6.07, 6.45) is 2.53. The molecule has 2 rings (SSSR count). The van der Waals surface area contributed by atoms with E-state index in [9.17, 15) is 0 Å². The zero-order valence-electron chi connectivity index (χ0n) is 12.9. The van der Waals surface area contributed by atoms with Gasteiger partial charge in [0.05, 0.1) is 0 Å². The second-order valence-electron chi connectivity index (χ2n) is 7.72. The van der Waals surface area contributed by atoms with Gasteiger partial charge in [-0.25, -0.2) is 0 Å². The van der Waals surface area contributed by atoms with E-state index in [1.807, 2.05) is 0 Å². The fourth-order valence-corrected chi connectivity index (χ4v) is 3.98. The van der Waals surface area contributed by atoms with E-state index in [4.69, 9.17) is 5.73 Å². The number of nitrogens with zero attached hydrogens (tertiary/aromatic N) is 1. The topological polar surface area (TPSA) is 29.3 Å². The molecule has 1 saturated heterocycles. The number of rotatable bonds is 2. The Balaban J connectivity index is 1.97. The van der Waals surface area contributed by atoms with Crippen LogP contribution in [0.15, 0.2) is 0 Å². The number of hydrogen-bond donors (Lipinski definition) is 1. The van der Waals surface area contributed by atoms with Crippen molar-refractivity contribution in [3.05, 3.63) is 0 Å². The first-order chi connectivity index (χ1) is 8.32. The Morgan fingerprint density at radius 3 is 2.17 bits per heavy atom. The average molecular weight is 252 g/mol. The Hall–Kier alpha value is -0.0800. The van der Waals surface area contributed by atoms with Crippen LogP contribution in [0.1, 0.15) is 47.5 Å². The first-order valence-electron chi connectivity index (χ1n) is 7.80. The molecule has 2 heteroatoms. The third-order valence-electron chi connectivity index (χ3n) is 6.26. The first-order valence-corrected chi connectivity index (χ1v) is 7.80. The molecule has 2 fully saturated rings. The molecule has 18 heavy (non-hydrogen) atoms. The average Bonchev–Trinajstić information content (AvgIpc) is 2.60. The predicted molar refractivity (Wildman–Crippen MR) is 78.4 cm³/mol. The summed E-state index contributed by atoms with van der Waals surface area (Å²) in [5, 5.41) is 0. The molecular formula is C16H32N2. The van der Waals surface area contributed by atoms with E-state index < -0.39 is 0 Å². The molecule has 2 N–H and O–H groups in total. The molecule has 5 unspecified atom stereocenters. The van der Waals surface area contributed by atoms with Crippen molar-refractivity contribution in [2.75, 3.05) is 19.6 Å². The van der Waals surface area contributed by atoms with Crippen molar-refractivity contribution in [2.24, 2.45) is 34.8 Å². The minimum atomic E-state index is 0.396. The third kappa shape index (κ3) is 2.60. The molecule has 0 spiro atoms. The zero-order chi connectivity index (χ0) is 13.5. The fourth-order valence-electron chi connectivity index (χ4n) is 3.98. The first kappa shape index (κ1) is 14.3. The van der Waals surface area contributed by atoms with Gasteiger partial charge in [-0.1, -0.05) is 34.6 Å². The van der Waals surface area contributed by atoms with Crippen LogP contribution in [0.3, 0.4) is 0 Å². The van der Waals surface area contributed by atoms with Crippen LogP contribution in [0.5, 0.6) is 0 Å². The molecule has 2 aliphatic rings. The fraction of sp³-hybridized carbons (Fsp3) is 1.00. The van der Waals surface area contributed by atoms with Crippen LogP contribution >= 0.6 is 0 Å². The van der Waals surface area contributed by atoms with E-state index in [2.05, 4.69) is 39.5 Å². The van der Waals surface area contributed by atoms with Gasteiger partial charge in [-0.15, -0.1) is 0 Å². The molecule has 2 nitrogen and oxygen atoms in total. The minimum Gasteiger partial charge on any atom is -0.327 e. The maximum absolute atomic E-state index is 6.25. The van der Waals surface area contributed by atoms with Crippen LogP contribution in [0.2, 0.25) is 0 Å². The largest absolute Gasteiger partial charge is 0.327 e. The standard InChI is InChI=1S/C16H32N2/c1-11-8-18(9-12(11)2)10-14-6-7-15(17)13(3)16(14,4)5/h11-15H,6-10,17H2,1-5H3. The van der Waals surface area contributed by atoms with E-state index in [0.29, 0.717) is 17.4 Å². The van der Waals surface area contributed by atoms with Crippen LogP contribution in [0.25, 0.3) is 0 Å². The highest BCUT2D eigenvalue weighted by molar-refractivity contribution is 4.95. The summed E-state index contributed by atoms with van der Waals surface area (Å²) in [7, 11) is 0. The van der Waals surface area contributed by atoms with Gasteiger partial charge in [0.2, 0.25) is 0 Å². The van der Waals surface area contributed by atoms with Crippen LogP contribution in [0.4, 0.5) is 0 Å². The van der Waals surface area contributed by atoms with Crippen molar-refractivity contribution in [2.45, 2.75) is 53.5 Å².